The van der Waals surface area contributed by atoms with Crippen LogP contribution in [-0.4, -0.2) is 33.6 Å². The van der Waals surface area contributed by atoms with Crippen LogP contribution in [0.5, 0.6) is 0 Å². The first-order valence-electron chi connectivity index (χ1n) is 8.20. The third kappa shape index (κ3) is 3.85. The molecule has 1 aliphatic heterocycles. The van der Waals surface area contributed by atoms with Gasteiger partial charge < -0.3 is 5.11 Å². The molecule has 0 saturated heterocycles. The number of hydrazone groups is 1. The van der Waals surface area contributed by atoms with Crippen molar-refractivity contribution in [3.8, 4) is 0 Å². The van der Waals surface area contributed by atoms with Crippen LogP contribution in [0.15, 0.2) is 59.7 Å². The van der Waals surface area contributed by atoms with Gasteiger partial charge in [0, 0.05) is 6.42 Å². The van der Waals surface area contributed by atoms with Crippen molar-refractivity contribution in [3.05, 3.63) is 71.5 Å². The van der Waals surface area contributed by atoms with Crippen molar-refractivity contribution in [1.82, 2.24) is 5.01 Å². The summed E-state index contributed by atoms with van der Waals surface area (Å²) in [5, 5.41) is 14.1. The van der Waals surface area contributed by atoms with Gasteiger partial charge in [0.2, 0.25) is 5.91 Å². The van der Waals surface area contributed by atoms with Crippen LogP contribution in [0.1, 0.15) is 24.0 Å². The quantitative estimate of drug-likeness (QED) is 0.824. The van der Waals surface area contributed by atoms with E-state index in [1.54, 1.807) is 30.3 Å². The molecule has 1 aliphatic rings. The Bertz CT molecular complexity index is 850. The number of hydrogen-bond acceptors (Lipinski definition) is 3. The number of rotatable bonds is 4. The molecule has 8 heteroatoms. The largest absolute Gasteiger partial charge is 0.438 e. The molecular weight excluding hydrogens is 364 g/mol. The molecule has 0 spiro atoms. The van der Waals surface area contributed by atoms with Gasteiger partial charge in [-0.15, -0.1) is 0 Å². The third-order valence-electron chi connectivity index (χ3n) is 4.32. The van der Waals surface area contributed by atoms with Crippen LogP contribution < -0.4 is 0 Å². The van der Waals surface area contributed by atoms with Gasteiger partial charge in [-0.1, -0.05) is 42.5 Å². The smallest absolute Gasteiger partial charge is 0.362 e. The molecule has 0 unspecified atom stereocenters. The van der Waals surface area contributed by atoms with E-state index in [9.17, 15) is 27.5 Å². The molecule has 2 aromatic carbocycles. The lowest BCUT2D eigenvalue weighted by molar-refractivity contribution is -0.302. The van der Waals surface area contributed by atoms with Crippen molar-refractivity contribution in [3.63, 3.8) is 0 Å². The topological polar surface area (TPSA) is 52.9 Å². The number of aryl methyl sites for hydroxylation is 1. The normalized spacial score (nSPS) is 19.9. The summed E-state index contributed by atoms with van der Waals surface area (Å²) in [6.07, 6.45) is -6.05. The third-order valence-corrected chi connectivity index (χ3v) is 4.32. The highest BCUT2D eigenvalue weighted by Gasteiger charge is 2.63. The van der Waals surface area contributed by atoms with E-state index in [2.05, 4.69) is 5.10 Å². The minimum atomic E-state index is -5.10. The van der Waals surface area contributed by atoms with Gasteiger partial charge >= 0.3 is 6.18 Å². The molecule has 0 aromatic heterocycles. The van der Waals surface area contributed by atoms with E-state index in [0.29, 0.717) is 0 Å². The van der Waals surface area contributed by atoms with E-state index in [-0.39, 0.29) is 29.1 Å². The molecule has 1 N–H and O–H groups in total. The van der Waals surface area contributed by atoms with Crippen LogP contribution in [0.3, 0.4) is 0 Å². The Kier molecular flexibility index (Phi) is 5.01. The number of nitrogens with zero attached hydrogens (tertiary/aromatic N) is 2. The fourth-order valence-corrected chi connectivity index (χ4v) is 2.83. The highest BCUT2D eigenvalue weighted by atomic mass is 19.4. The van der Waals surface area contributed by atoms with Gasteiger partial charge in [-0.2, -0.15) is 23.3 Å². The number of hydrogen-bond donors (Lipinski definition) is 1. The van der Waals surface area contributed by atoms with Gasteiger partial charge in [0.05, 0.1) is 12.1 Å². The minimum absolute atomic E-state index is 0.106. The monoisotopic (exact) mass is 380 g/mol. The van der Waals surface area contributed by atoms with Crippen molar-refractivity contribution in [2.75, 3.05) is 0 Å². The summed E-state index contributed by atoms with van der Waals surface area (Å²) in [6.45, 7) is 0. The number of aliphatic hydroxyl groups is 1. The molecule has 27 heavy (non-hydrogen) atoms. The number of amides is 1. The first kappa shape index (κ1) is 19.0. The molecule has 142 valence electrons. The lowest BCUT2D eigenvalue weighted by Gasteiger charge is -2.32. The van der Waals surface area contributed by atoms with Crippen LogP contribution in [-0.2, 0) is 11.2 Å². The Labute approximate surface area is 152 Å². The average Bonchev–Trinajstić information content (AvgIpc) is 3.00. The fourth-order valence-electron chi connectivity index (χ4n) is 2.83. The maximum atomic E-state index is 13.5. The molecule has 1 heterocycles. The van der Waals surface area contributed by atoms with Gasteiger partial charge in [-0.3, -0.25) is 4.79 Å². The van der Waals surface area contributed by atoms with Crippen LogP contribution in [0, 0.1) is 5.82 Å². The van der Waals surface area contributed by atoms with Gasteiger partial charge in [0.15, 0.2) is 0 Å². The zero-order valence-corrected chi connectivity index (χ0v) is 14.1. The van der Waals surface area contributed by atoms with E-state index in [4.69, 9.17) is 0 Å². The minimum Gasteiger partial charge on any atom is -0.362 e. The second-order valence-corrected chi connectivity index (χ2v) is 6.24. The lowest BCUT2D eigenvalue weighted by atomic mass is 10.0. The molecule has 0 fully saturated rings. The first-order valence-corrected chi connectivity index (χ1v) is 8.20. The molecule has 1 amide bonds. The molecule has 1 atom stereocenters. The Hall–Kier alpha value is -2.74. The molecule has 0 saturated carbocycles. The first-order chi connectivity index (χ1) is 12.7. The predicted molar refractivity (Wildman–Crippen MR) is 90.2 cm³/mol. The van der Waals surface area contributed by atoms with Crippen molar-refractivity contribution in [1.29, 1.82) is 0 Å². The standard InChI is InChI=1S/C19H16F4N2O2/c20-15-9-7-14(8-10-15)16-12-18(27,19(21,22)23)25(24-16)17(26)11-6-13-4-2-1-3-5-13/h1-5,7-10,27H,6,11-12H2/t18-/m1/s1. The van der Waals surface area contributed by atoms with E-state index >= 15 is 0 Å². The van der Waals surface area contributed by atoms with Crippen LogP contribution >= 0.6 is 0 Å². The molecule has 0 radical (unpaired) electrons. The van der Waals surface area contributed by atoms with Crippen LogP contribution in [0.2, 0.25) is 0 Å². The SMILES string of the molecule is O=C(CCc1ccccc1)N1N=C(c2ccc(F)cc2)C[C@@]1(O)C(F)(F)F. The second-order valence-electron chi connectivity index (χ2n) is 6.24. The van der Waals surface area contributed by atoms with Crippen molar-refractivity contribution in [2.45, 2.75) is 31.2 Å². The van der Waals surface area contributed by atoms with E-state index in [1.165, 1.54) is 12.1 Å². The number of carbonyl (C=O) groups excluding carboxylic acids is 1. The summed E-state index contributed by atoms with van der Waals surface area (Å²) in [5.41, 5.74) is -2.58. The van der Waals surface area contributed by atoms with E-state index in [1.807, 2.05) is 0 Å². The molecule has 3 rings (SSSR count). The molecular formula is C19H16F4N2O2. The number of alkyl halides is 3. The molecule has 0 bridgehead atoms. The Morgan fingerprint density at radius 1 is 1.11 bits per heavy atom. The van der Waals surface area contributed by atoms with Crippen molar-refractivity contribution >= 4 is 11.6 Å². The summed E-state index contributed by atoms with van der Waals surface area (Å²) >= 11 is 0. The summed E-state index contributed by atoms with van der Waals surface area (Å²) in [7, 11) is 0. The zero-order chi connectivity index (χ0) is 19.7. The average molecular weight is 380 g/mol. The number of carbonyl (C=O) groups is 1. The number of halogens is 4. The molecule has 4 nitrogen and oxygen atoms in total. The fraction of sp³-hybridized carbons (Fsp3) is 0.263. The highest BCUT2D eigenvalue weighted by molar-refractivity contribution is 6.03. The van der Waals surface area contributed by atoms with Gasteiger partial charge in [0.25, 0.3) is 5.72 Å². The van der Waals surface area contributed by atoms with E-state index < -0.39 is 30.0 Å². The Balaban J connectivity index is 1.85. The van der Waals surface area contributed by atoms with Crippen molar-refractivity contribution < 1.29 is 27.5 Å². The summed E-state index contributed by atoms with van der Waals surface area (Å²) in [4.78, 5) is 12.4. The molecule has 0 aliphatic carbocycles. The summed E-state index contributed by atoms with van der Waals surface area (Å²) in [5.74, 6) is -1.50. The van der Waals surface area contributed by atoms with Gasteiger partial charge in [-0.25, -0.2) is 4.39 Å². The van der Waals surface area contributed by atoms with E-state index in [0.717, 1.165) is 17.7 Å². The van der Waals surface area contributed by atoms with Gasteiger partial charge in [0.1, 0.15) is 5.82 Å². The maximum Gasteiger partial charge on any atom is 0.438 e. The number of benzene rings is 2. The Morgan fingerprint density at radius 3 is 2.33 bits per heavy atom. The molecule has 2 aromatic rings. The predicted octanol–water partition coefficient (Wildman–Crippen LogP) is 3.65. The second kappa shape index (κ2) is 7.11. The summed E-state index contributed by atoms with van der Waals surface area (Å²) < 4.78 is 53.5. The Morgan fingerprint density at radius 2 is 1.74 bits per heavy atom. The van der Waals surface area contributed by atoms with Crippen molar-refractivity contribution in [2.24, 2.45) is 5.10 Å². The summed E-state index contributed by atoms with van der Waals surface area (Å²) in [6, 6.07) is 13.5. The van der Waals surface area contributed by atoms with Crippen LogP contribution in [0.25, 0.3) is 0 Å². The highest BCUT2D eigenvalue weighted by Crippen LogP contribution is 2.41. The lowest BCUT2D eigenvalue weighted by Crippen LogP contribution is -2.56. The van der Waals surface area contributed by atoms with Gasteiger partial charge in [-0.05, 0) is 29.7 Å². The zero-order valence-electron chi connectivity index (χ0n) is 14.1. The van der Waals surface area contributed by atoms with Crippen LogP contribution in [0.4, 0.5) is 17.6 Å². The maximum absolute atomic E-state index is 13.5.